The fourth-order valence-electron chi connectivity index (χ4n) is 2.27. The lowest BCUT2D eigenvalue weighted by Crippen LogP contribution is -2.02. The molecular weight excluding hydrogens is 300 g/mol. The Kier molecular flexibility index (Phi) is 3.94. The molecule has 0 aliphatic heterocycles. The lowest BCUT2D eigenvalue weighted by atomic mass is 10.1. The van der Waals surface area contributed by atoms with E-state index in [1.54, 1.807) is 30.5 Å². The summed E-state index contributed by atoms with van der Waals surface area (Å²) in [6.45, 7) is 0.598. The molecule has 3 aromatic rings. The fourth-order valence-corrected chi connectivity index (χ4v) is 2.49. The van der Waals surface area contributed by atoms with Crippen molar-refractivity contribution in [3.05, 3.63) is 77.1 Å². The van der Waals surface area contributed by atoms with E-state index in [9.17, 15) is 4.79 Å². The number of hydrogen-bond acceptors (Lipinski definition) is 2. The van der Waals surface area contributed by atoms with Crippen LogP contribution in [0.2, 0.25) is 5.02 Å². The van der Waals surface area contributed by atoms with Crippen LogP contribution in [-0.4, -0.2) is 20.6 Å². The van der Waals surface area contributed by atoms with Crippen LogP contribution in [0, 0.1) is 0 Å². The first kappa shape index (κ1) is 14.4. The molecule has 110 valence electrons. The van der Waals surface area contributed by atoms with Crippen molar-refractivity contribution in [3.63, 3.8) is 0 Å². The van der Waals surface area contributed by atoms with Gasteiger partial charge in [-0.1, -0.05) is 35.9 Å². The number of carbonyl (C=O) groups is 1. The maximum Gasteiger partial charge on any atom is 0.335 e. The molecule has 3 rings (SSSR count). The van der Waals surface area contributed by atoms with Gasteiger partial charge >= 0.3 is 5.97 Å². The molecule has 1 N–H and O–H groups in total. The smallest absolute Gasteiger partial charge is 0.335 e. The van der Waals surface area contributed by atoms with Gasteiger partial charge in [-0.05, 0) is 29.8 Å². The van der Waals surface area contributed by atoms with E-state index < -0.39 is 5.97 Å². The minimum Gasteiger partial charge on any atom is -0.478 e. The molecule has 0 amide bonds. The largest absolute Gasteiger partial charge is 0.478 e. The number of nitrogens with zero attached hydrogens (tertiary/aromatic N) is 2. The van der Waals surface area contributed by atoms with Crippen molar-refractivity contribution >= 4 is 17.6 Å². The van der Waals surface area contributed by atoms with Crippen molar-refractivity contribution in [1.82, 2.24) is 9.55 Å². The number of aromatic nitrogens is 2. The summed E-state index contributed by atoms with van der Waals surface area (Å²) in [6.07, 6.45) is 3.61. The van der Waals surface area contributed by atoms with Gasteiger partial charge in [-0.15, -0.1) is 0 Å². The number of aromatic carboxylic acids is 1. The van der Waals surface area contributed by atoms with Crippen LogP contribution in [-0.2, 0) is 6.54 Å². The molecule has 0 unspecified atom stereocenters. The van der Waals surface area contributed by atoms with Gasteiger partial charge in [-0.2, -0.15) is 0 Å². The normalized spacial score (nSPS) is 10.6. The van der Waals surface area contributed by atoms with E-state index in [2.05, 4.69) is 4.98 Å². The lowest BCUT2D eigenvalue weighted by Gasteiger charge is -2.09. The topological polar surface area (TPSA) is 55.1 Å². The Balaban J connectivity index is 1.90. The van der Waals surface area contributed by atoms with Crippen LogP contribution in [0.5, 0.6) is 0 Å². The van der Waals surface area contributed by atoms with Crippen LogP contribution < -0.4 is 0 Å². The van der Waals surface area contributed by atoms with Crippen molar-refractivity contribution < 1.29 is 9.90 Å². The molecule has 4 nitrogen and oxygen atoms in total. The lowest BCUT2D eigenvalue weighted by molar-refractivity contribution is 0.0697. The van der Waals surface area contributed by atoms with E-state index in [-0.39, 0.29) is 5.56 Å². The van der Waals surface area contributed by atoms with E-state index in [4.69, 9.17) is 16.7 Å². The third-order valence-electron chi connectivity index (χ3n) is 3.38. The molecule has 5 heteroatoms. The van der Waals surface area contributed by atoms with E-state index in [1.807, 2.05) is 35.0 Å². The van der Waals surface area contributed by atoms with Gasteiger partial charge in [0, 0.05) is 24.5 Å². The second kappa shape index (κ2) is 6.03. The highest BCUT2D eigenvalue weighted by Gasteiger charge is 2.10. The predicted molar refractivity (Wildman–Crippen MR) is 85.2 cm³/mol. The zero-order valence-corrected chi connectivity index (χ0v) is 12.4. The second-order valence-electron chi connectivity index (χ2n) is 4.86. The van der Waals surface area contributed by atoms with E-state index in [1.165, 1.54) is 0 Å². The van der Waals surface area contributed by atoms with Gasteiger partial charge in [0.2, 0.25) is 0 Å². The van der Waals surface area contributed by atoms with Crippen molar-refractivity contribution in [3.8, 4) is 11.4 Å². The SMILES string of the molecule is O=C(O)c1ccc(Cn2ccnc2-c2ccccc2Cl)cc1. The highest BCUT2D eigenvalue weighted by Crippen LogP contribution is 2.26. The second-order valence-corrected chi connectivity index (χ2v) is 5.27. The van der Waals surface area contributed by atoms with Crippen LogP contribution in [0.3, 0.4) is 0 Å². The van der Waals surface area contributed by atoms with Gasteiger partial charge in [0.15, 0.2) is 0 Å². The molecule has 0 fully saturated rings. The highest BCUT2D eigenvalue weighted by atomic mass is 35.5. The van der Waals surface area contributed by atoms with Crippen molar-refractivity contribution in [2.75, 3.05) is 0 Å². The van der Waals surface area contributed by atoms with E-state index in [0.717, 1.165) is 17.0 Å². The van der Waals surface area contributed by atoms with Crippen LogP contribution >= 0.6 is 11.6 Å². The van der Waals surface area contributed by atoms with Crippen LogP contribution in [0.4, 0.5) is 0 Å². The first-order valence-corrected chi connectivity index (χ1v) is 7.11. The Bertz CT molecular complexity index is 810. The summed E-state index contributed by atoms with van der Waals surface area (Å²) in [6, 6.07) is 14.4. The Hall–Kier alpha value is -2.59. The van der Waals surface area contributed by atoms with Crippen molar-refractivity contribution in [2.24, 2.45) is 0 Å². The average molecular weight is 313 g/mol. The summed E-state index contributed by atoms with van der Waals surface area (Å²) in [5, 5.41) is 9.58. The zero-order valence-electron chi connectivity index (χ0n) is 11.6. The third kappa shape index (κ3) is 2.87. The minimum atomic E-state index is -0.925. The number of carboxylic acid groups (broad SMARTS) is 1. The van der Waals surface area contributed by atoms with Gasteiger partial charge < -0.3 is 9.67 Å². The molecule has 22 heavy (non-hydrogen) atoms. The first-order chi connectivity index (χ1) is 10.6. The van der Waals surface area contributed by atoms with Crippen LogP contribution in [0.15, 0.2) is 60.9 Å². The molecule has 1 heterocycles. The summed E-state index contributed by atoms with van der Waals surface area (Å²) < 4.78 is 1.98. The van der Waals surface area contributed by atoms with Crippen LogP contribution in [0.25, 0.3) is 11.4 Å². The molecule has 0 saturated carbocycles. The highest BCUT2D eigenvalue weighted by molar-refractivity contribution is 6.33. The number of hydrogen-bond donors (Lipinski definition) is 1. The monoisotopic (exact) mass is 312 g/mol. The molecule has 2 aromatic carbocycles. The van der Waals surface area contributed by atoms with E-state index in [0.29, 0.717) is 11.6 Å². The van der Waals surface area contributed by atoms with E-state index >= 15 is 0 Å². The summed E-state index contributed by atoms with van der Waals surface area (Å²) in [4.78, 5) is 15.2. The molecule has 0 aliphatic carbocycles. The molecule has 0 saturated heterocycles. The summed E-state index contributed by atoms with van der Waals surface area (Å²) in [7, 11) is 0. The Morgan fingerprint density at radius 2 is 1.86 bits per heavy atom. The van der Waals surface area contributed by atoms with Gasteiger partial charge in [-0.25, -0.2) is 9.78 Å². The molecule has 1 aromatic heterocycles. The summed E-state index contributed by atoms with van der Waals surface area (Å²) in [5.41, 5.74) is 2.15. The maximum atomic E-state index is 10.9. The summed E-state index contributed by atoms with van der Waals surface area (Å²) in [5.74, 6) is -0.140. The standard InChI is InChI=1S/C17H13ClN2O2/c18-15-4-2-1-3-14(15)16-19-9-10-20(16)11-12-5-7-13(8-6-12)17(21)22/h1-10H,11H2,(H,21,22). The van der Waals surface area contributed by atoms with Crippen molar-refractivity contribution in [1.29, 1.82) is 0 Å². The van der Waals surface area contributed by atoms with Crippen LogP contribution in [0.1, 0.15) is 15.9 Å². The number of imidazole rings is 1. The molecule has 0 bridgehead atoms. The first-order valence-electron chi connectivity index (χ1n) is 6.73. The third-order valence-corrected chi connectivity index (χ3v) is 3.71. The predicted octanol–water partition coefficient (Wildman–Crippen LogP) is 3.95. The molecule has 0 atom stereocenters. The molecule has 0 radical (unpaired) electrons. The van der Waals surface area contributed by atoms with Gasteiger partial charge in [-0.3, -0.25) is 0 Å². The number of rotatable bonds is 4. The number of benzene rings is 2. The van der Waals surface area contributed by atoms with Crippen molar-refractivity contribution in [2.45, 2.75) is 6.54 Å². The summed E-state index contributed by atoms with van der Waals surface area (Å²) >= 11 is 6.23. The Labute approximate surface area is 132 Å². The molecular formula is C17H13ClN2O2. The number of carboxylic acids is 1. The van der Waals surface area contributed by atoms with Gasteiger partial charge in [0.1, 0.15) is 5.82 Å². The Morgan fingerprint density at radius 3 is 2.55 bits per heavy atom. The quantitative estimate of drug-likeness (QED) is 0.793. The minimum absolute atomic E-state index is 0.278. The average Bonchev–Trinajstić information content (AvgIpc) is 2.96. The maximum absolute atomic E-state index is 10.9. The fraction of sp³-hybridized carbons (Fsp3) is 0.0588. The Morgan fingerprint density at radius 1 is 1.14 bits per heavy atom. The van der Waals surface area contributed by atoms with Gasteiger partial charge in [0.25, 0.3) is 0 Å². The number of halogens is 1. The molecule has 0 spiro atoms. The molecule has 0 aliphatic rings. The van der Waals surface area contributed by atoms with Gasteiger partial charge in [0.05, 0.1) is 10.6 Å². The zero-order chi connectivity index (χ0) is 15.5.